The molecule has 1 heterocycles. The number of rotatable bonds is 6. The SMILES string of the molecule is CCn1cc(NC(=O)[C@@H](N)CCSC)ccc1=O. The first-order valence-electron chi connectivity index (χ1n) is 5.84. The van der Waals surface area contributed by atoms with Crippen LogP contribution < -0.4 is 16.6 Å². The second-order valence-electron chi connectivity index (χ2n) is 3.92. The third kappa shape index (κ3) is 4.19. The van der Waals surface area contributed by atoms with Crippen molar-refractivity contribution in [3.63, 3.8) is 0 Å². The molecule has 0 aromatic carbocycles. The Morgan fingerprint density at radius 2 is 2.28 bits per heavy atom. The van der Waals surface area contributed by atoms with Crippen molar-refractivity contribution < 1.29 is 4.79 Å². The van der Waals surface area contributed by atoms with Crippen molar-refractivity contribution >= 4 is 23.4 Å². The molecular formula is C12H19N3O2S. The zero-order valence-corrected chi connectivity index (χ0v) is 11.5. The summed E-state index contributed by atoms with van der Waals surface area (Å²) in [6.07, 6.45) is 4.24. The lowest BCUT2D eigenvalue weighted by molar-refractivity contribution is -0.117. The van der Waals surface area contributed by atoms with Crippen LogP contribution >= 0.6 is 11.8 Å². The van der Waals surface area contributed by atoms with E-state index in [1.165, 1.54) is 10.6 Å². The van der Waals surface area contributed by atoms with E-state index in [2.05, 4.69) is 5.32 Å². The number of anilines is 1. The van der Waals surface area contributed by atoms with E-state index in [1.54, 1.807) is 24.0 Å². The van der Waals surface area contributed by atoms with E-state index in [1.807, 2.05) is 13.2 Å². The van der Waals surface area contributed by atoms with E-state index in [9.17, 15) is 9.59 Å². The molecule has 1 amide bonds. The summed E-state index contributed by atoms with van der Waals surface area (Å²) in [5.41, 5.74) is 6.27. The van der Waals surface area contributed by atoms with E-state index in [-0.39, 0.29) is 11.5 Å². The standard InChI is InChI=1S/C12H19N3O2S/c1-3-15-8-9(4-5-11(15)16)14-12(17)10(13)6-7-18-2/h4-5,8,10H,3,6-7,13H2,1-2H3,(H,14,17)/t10-/m0/s1. The fourth-order valence-corrected chi connectivity index (χ4v) is 1.95. The van der Waals surface area contributed by atoms with Gasteiger partial charge in [0, 0.05) is 18.8 Å². The molecule has 1 rings (SSSR count). The highest BCUT2D eigenvalue weighted by atomic mass is 32.2. The third-order valence-corrected chi connectivity index (χ3v) is 3.21. The highest BCUT2D eigenvalue weighted by molar-refractivity contribution is 7.98. The Kier molecular flexibility index (Phi) is 5.94. The number of nitrogens with two attached hydrogens (primary N) is 1. The van der Waals surface area contributed by atoms with Crippen LogP contribution in [0.25, 0.3) is 0 Å². The lowest BCUT2D eigenvalue weighted by Gasteiger charge is -2.12. The molecule has 0 radical (unpaired) electrons. The molecular weight excluding hydrogens is 250 g/mol. The van der Waals surface area contributed by atoms with Crippen LogP contribution in [0.15, 0.2) is 23.1 Å². The number of nitrogens with zero attached hydrogens (tertiary/aromatic N) is 1. The second kappa shape index (κ2) is 7.23. The van der Waals surface area contributed by atoms with Crippen LogP contribution in [-0.4, -0.2) is 28.5 Å². The fourth-order valence-electron chi connectivity index (χ4n) is 1.46. The zero-order valence-electron chi connectivity index (χ0n) is 10.7. The normalized spacial score (nSPS) is 12.2. The number of pyridine rings is 1. The first-order valence-corrected chi connectivity index (χ1v) is 7.23. The molecule has 100 valence electrons. The minimum absolute atomic E-state index is 0.0813. The summed E-state index contributed by atoms with van der Waals surface area (Å²) in [7, 11) is 0. The Labute approximate surface area is 111 Å². The number of hydrogen-bond acceptors (Lipinski definition) is 4. The maximum absolute atomic E-state index is 11.8. The van der Waals surface area contributed by atoms with Crippen LogP contribution in [0.4, 0.5) is 5.69 Å². The lowest BCUT2D eigenvalue weighted by atomic mass is 10.2. The maximum atomic E-state index is 11.8. The van der Waals surface area contributed by atoms with E-state index in [0.29, 0.717) is 18.7 Å². The highest BCUT2D eigenvalue weighted by Gasteiger charge is 2.13. The van der Waals surface area contributed by atoms with E-state index >= 15 is 0 Å². The van der Waals surface area contributed by atoms with Gasteiger partial charge in [0.15, 0.2) is 0 Å². The number of aryl methyl sites for hydroxylation is 1. The summed E-state index contributed by atoms with van der Waals surface area (Å²) in [5.74, 6) is 0.633. The molecule has 1 aromatic heterocycles. The predicted octanol–water partition coefficient (Wildman–Crippen LogP) is 0.887. The topological polar surface area (TPSA) is 77.1 Å². The van der Waals surface area contributed by atoms with Gasteiger partial charge in [-0.1, -0.05) is 0 Å². The third-order valence-electron chi connectivity index (χ3n) is 2.56. The monoisotopic (exact) mass is 269 g/mol. The predicted molar refractivity (Wildman–Crippen MR) is 76.0 cm³/mol. The average Bonchev–Trinajstić information content (AvgIpc) is 2.37. The van der Waals surface area contributed by atoms with Gasteiger partial charge in [-0.05, 0) is 31.4 Å². The average molecular weight is 269 g/mol. The molecule has 0 bridgehead atoms. The molecule has 0 aliphatic heterocycles. The summed E-state index contributed by atoms with van der Waals surface area (Å²) < 4.78 is 1.53. The molecule has 0 aliphatic carbocycles. The molecule has 0 aliphatic rings. The summed E-state index contributed by atoms with van der Waals surface area (Å²) >= 11 is 1.66. The highest BCUT2D eigenvalue weighted by Crippen LogP contribution is 2.06. The Bertz CT molecular complexity index is 459. The Morgan fingerprint density at radius 3 is 2.89 bits per heavy atom. The van der Waals surface area contributed by atoms with Crippen molar-refractivity contribution in [1.29, 1.82) is 0 Å². The van der Waals surface area contributed by atoms with Crippen LogP contribution in [0.3, 0.4) is 0 Å². The van der Waals surface area contributed by atoms with Crippen LogP contribution in [-0.2, 0) is 11.3 Å². The molecule has 5 nitrogen and oxygen atoms in total. The number of aromatic nitrogens is 1. The molecule has 1 atom stereocenters. The summed E-state index contributed by atoms with van der Waals surface area (Å²) in [6.45, 7) is 2.44. The molecule has 0 unspecified atom stereocenters. The van der Waals surface area contributed by atoms with Crippen molar-refractivity contribution in [3.05, 3.63) is 28.7 Å². The Hall–Kier alpha value is -1.27. The van der Waals surface area contributed by atoms with Crippen LogP contribution in [0.1, 0.15) is 13.3 Å². The number of hydrogen-bond donors (Lipinski definition) is 2. The first kappa shape index (κ1) is 14.8. The quantitative estimate of drug-likeness (QED) is 0.804. The maximum Gasteiger partial charge on any atom is 0.250 e. The molecule has 1 aromatic rings. The molecule has 3 N–H and O–H groups in total. The van der Waals surface area contributed by atoms with Gasteiger partial charge in [0.05, 0.1) is 11.7 Å². The van der Waals surface area contributed by atoms with E-state index in [0.717, 1.165) is 5.75 Å². The zero-order chi connectivity index (χ0) is 13.5. The second-order valence-corrected chi connectivity index (χ2v) is 4.90. The Morgan fingerprint density at radius 1 is 1.56 bits per heavy atom. The summed E-state index contributed by atoms with van der Waals surface area (Å²) in [4.78, 5) is 23.2. The molecule has 0 spiro atoms. The lowest BCUT2D eigenvalue weighted by Crippen LogP contribution is -2.36. The molecule has 0 saturated carbocycles. The number of thioether (sulfide) groups is 1. The van der Waals surface area contributed by atoms with Gasteiger partial charge in [-0.15, -0.1) is 0 Å². The molecule has 0 fully saturated rings. The van der Waals surface area contributed by atoms with Gasteiger partial charge in [0.2, 0.25) is 5.91 Å². The van der Waals surface area contributed by atoms with E-state index in [4.69, 9.17) is 5.73 Å². The van der Waals surface area contributed by atoms with Gasteiger partial charge in [0.25, 0.3) is 5.56 Å². The van der Waals surface area contributed by atoms with Gasteiger partial charge in [-0.2, -0.15) is 11.8 Å². The smallest absolute Gasteiger partial charge is 0.250 e. The van der Waals surface area contributed by atoms with Crippen molar-refractivity contribution in [1.82, 2.24) is 4.57 Å². The molecule has 0 saturated heterocycles. The summed E-state index contributed by atoms with van der Waals surface area (Å²) in [5, 5.41) is 2.72. The number of nitrogens with one attached hydrogen (secondary N) is 1. The van der Waals surface area contributed by atoms with Crippen LogP contribution in [0, 0.1) is 0 Å². The van der Waals surface area contributed by atoms with E-state index < -0.39 is 6.04 Å². The van der Waals surface area contributed by atoms with Crippen molar-refractivity contribution in [2.24, 2.45) is 5.73 Å². The van der Waals surface area contributed by atoms with Crippen molar-refractivity contribution in [2.75, 3.05) is 17.3 Å². The number of carbonyl (C=O) groups is 1. The first-order chi connectivity index (χ1) is 8.58. The summed E-state index contributed by atoms with van der Waals surface area (Å²) in [6, 6.07) is 2.51. The number of amides is 1. The van der Waals surface area contributed by atoms with Gasteiger partial charge >= 0.3 is 0 Å². The van der Waals surface area contributed by atoms with Gasteiger partial charge in [0.1, 0.15) is 0 Å². The minimum atomic E-state index is -0.514. The largest absolute Gasteiger partial charge is 0.323 e. The van der Waals surface area contributed by atoms with Crippen molar-refractivity contribution in [2.45, 2.75) is 25.9 Å². The Balaban J connectivity index is 2.67. The van der Waals surface area contributed by atoms with Gasteiger partial charge in [-0.3, -0.25) is 9.59 Å². The van der Waals surface area contributed by atoms with Crippen LogP contribution in [0.5, 0.6) is 0 Å². The molecule has 6 heteroatoms. The van der Waals surface area contributed by atoms with Gasteiger partial charge in [-0.25, -0.2) is 0 Å². The minimum Gasteiger partial charge on any atom is -0.323 e. The van der Waals surface area contributed by atoms with Crippen LogP contribution in [0.2, 0.25) is 0 Å². The number of carbonyl (C=O) groups excluding carboxylic acids is 1. The van der Waals surface area contributed by atoms with Gasteiger partial charge < -0.3 is 15.6 Å². The molecule has 18 heavy (non-hydrogen) atoms. The van der Waals surface area contributed by atoms with Crippen molar-refractivity contribution in [3.8, 4) is 0 Å². The fraction of sp³-hybridized carbons (Fsp3) is 0.500.